The molecule has 1 aliphatic heterocycles. The standard InChI is InChI=1S/C15H21N3O3/c1-2-13-7-3-4-9-17(13)15(19)16-11-12-6-5-8-14(10-12)18(20)21/h5-6,8,10,13H,2-4,7,9,11H2,1H3,(H,16,19). The molecule has 1 atom stereocenters. The Morgan fingerprint density at radius 1 is 1.48 bits per heavy atom. The molecule has 21 heavy (non-hydrogen) atoms. The number of amides is 2. The van der Waals surface area contributed by atoms with Gasteiger partial charge in [0.15, 0.2) is 0 Å². The minimum absolute atomic E-state index is 0.0474. The van der Waals surface area contributed by atoms with E-state index < -0.39 is 4.92 Å². The lowest BCUT2D eigenvalue weighted by Crippen LogP contribution is -2.48. The van der Waals surface area contributed by atoms with Crippen LogP contribution in [0.2, 0.25) is 0 Å². The van der Waals surface area contributed by atoms with Crippen molar-refractivity contribution in [2.45, 2.75) is 45.2 Å². The third-order valence-electron chi connectivity index (χ3n) is 3.92. The summed E-state index contributed by atoms with van der Waals surface area (Å²) in [5, 5.41) is 13.6. The van der Waals surface area contributed by atoms with Crippen molar-refractivity contribution in [3.63, 3.8) is 0 Å². The fourth-order valence-corrected chi connectivity index (χ4v) is 2.75. The number of urea groups is 1. The van der Waals surface area contributed by atoms with Gasteiger partial charge >= 0.3 is 6.03 Å². The van der Waals surface area contributed by atoms with Crippen LogP contribution in [-0.4, -0.2) is 28.4 Å². The molecule has 0 aliphatic carbocycles. The fourth-order valence-electron chi connectivity index (χ4n) is 2.75. The number of nitrogens with zero attached hydrogens (tertiary/aromatic N) is 2. The van der Waals surface area contributed by atoms with Crippen LogP contribution in [0.4, 0.5) is 10.5 Å². The van der Waals surface area contributed by atoms with Gasteiger partial charge in [0.05, 0.1) is 4.92 Å². The first-order valence-electron chi connectivity index (χ1n) is 7.39. The monoisotopic (exact) mass is 291 g/mol. The summed E-state index contributed by atoms with van der Waals surface area (Å²) in [5.74, 6) is 0. The number of benzene rings is 1. The number of non-ortho nitro benzene ring substituents is 1. The van der Waals surface area contributed by atoms with E-state index in [4.69, 9.17) is 0 Å². The SMILES string of the molecule is CCC1CCCCN1C(=O)NCc1cccc([N+](=O)[O-])c1. The molecule has 1 saturated heterocycles. The number of hydrogen-bond donors (Lipinski definition) is 1. The molecule has 6 nitrogen and oxygen atoms in total. The molecule has 2 amide bonds. The second-order valence-electron chi connectivity index (χ2n) is 5.34. The van der Waals surface area contributed by atoms with Gasteiger partial charge in [0, 0.05) is 31.3 Å². The molecule has 114 valence electrons. The molecular formula is C15H21N3O3. The topological polar surface area (TPSA) is 75.5 Å². The first kappa shape index (κ1) is 15.3. The zero-order valence-electron chi connectivity index (χ0n) is 12.2. The van der Waals surface area contributed by atoms with Gasteiger partial charge in [-0.1, -0.05) is 19.1 Å². The highest BCUT2D eigenvalue weighted by atomic mass is 16.6. The van der Waals surface area contributed by atoms with Crippen LogP contribution < -0.4 is 5.32 Å². The number of hydrogen-bond acceptors (Lipinski definition) is 3. The van der Waals surface area contributed by atoms with Crippen molar-refractivity contribution in [1.29, 1.82) is 0 Å². The van der Waals surface area contributed by atoms with E-state index in [0.29, 0.717) is 12.6 Å². The number of nitro benzene ring substituents is 1. The van der Waals surface area contributed by atoms with Crippen molar-refractivity contribution < 1.29 is 9.72 Å². The Morgan fingerprint density at radius 3 is 3.00 bits per heavy atom. The van der Waals surface area contributed by atoms with E-state index >= 15 is 0 Å². The van der Waals surface area contributed by atoms with E-state index in [1.165, 1.54) is 18.6 Å². The normalized spacial score (nSPS) is 18.3. The number of carbonyl (C=O) groups is 1. The summed E-state index contributed by atoms with van der Waals surface area (Å²) < 4.78 is 0. The number of carbonyl (C=O) groups excluding carboxylic acids is 1. The maximum Gasteiger partial charge on any atom is 0.317 e. The zero-order chi connectivity index (χ0) is 15.2. The van der Waals surface area contributed by atoms with E-state index in [2.05, 4.69) is 12.2 Å². The van der Waals surface area contributed by atoms with Gasteiger partial charge < -0.3 is 10.2 Å². The highest BCUT2D eigenvalue weighted by Crippen LogP contribution is 2.19. The number of rotatable bonds is 4. The number of nitro groups is 1. The van der Waals surface area contributed by atoms with Gasteiger partial charge in [0.1, 0.15) is 0 Å². The Balaban J connectivity index is 1.94. The smallest absolute Gasteiger partial charge is 0.317 e. The lowest BCUT2D eigenvalue weighted by molar-refractivity contribution is -0.384. The summed E-state index contributed by atoms with van der Waals surface area (Å²) in [6.07, 6.45) is 4.23. The van der Waals surface area contributed by atoms with E-state index in [-0.39, 0.29) is 11.7 Å². The molecule has 1 unspecified atom stereocenters. The molecule has 0 bridgehead atoms. The molecule has 6 heteroatoms. The van der Waals surface area contributed by atoms with Gasteiger partial charge in [-0.15, -0.1) is 0 Å². The van der Waals surface area contributed by atoms with Crippen molar-refractivity contribution in [2.75, 3.05) is 6.54 Å². The van der Waals surface area contributed by atoms with Gasteiger partial charge in [-0.3, -0.25) is 10.1 Å². The largest absolute Gasteiger partial charge is 0.334 e. The predicted molar refractivity (Wildman–Crippen MR) is 80.0 cm³/mol. The zero-order valence-corrected chi connectivity index (χ0v) is 12.2. The molecular weight excluding hydrogens is 270 g/mol. The van der Waals surface area contributed by atoms with Crippen molar-refractivity contribution in [1.82, 2.24) is 10.2 Å². The second-order valence-corrected chi connectivity index (χ2v) is 5.34. The third kappa shape index (κ3) is 3.93. The quantitative estimate of drug-likeness (QED) is 0.684. The van der Waals surface area contributed by atoms with Crippen LogP contribution in [0.1, 0.15) is 38.2 Å². The van der Waals surface area contributed by atoms with Crippen LogP contribution in [0.3, 0.4) is 0 Å². The minimum atomic E-state index is -0.428. The van der Waals surface area contributed by atoms with E-state index in [0.717, 1.165) is 31.4 Å². The second kappa shape index (κ2) is 7.06. The molecule has 1 N–H and O–H groups in total. The van der Waals surface area contributed by atoms with Gasteiger partial charge in [-0.2, -0.15) is 0 Å². The lowest BCUT2D eigenvalue weighted by Gasteiger charge is -2.35. The molecule has 1 aromatic rings. The average molecular weight is 291 g/mol. The summed E-state index contributed by atoms with van der Waals surface area (Å²) in [6.45, 7) is 3.20. The molecule has 0 radical (unpaired) electrons. The summed E-state index contributed by atoms with van der Waals surface area (Å²) in [5.41, 5.74) is 0.786. The van der Waals surface area contributed by atoms with Crippen molar-refractivity contribution in [3.8, 4) is 0 Å². The van der Waals surface area contributed by atoms with E-state index in [1.807, 2.05) is 4.90 Å². The molecule has 1 heterocycles. The maximum absolute atomic E-state index is 12.2. The summed E-state index contributed by atoms with van der Waals surface area (Å²) in [4.78, 5) is 24.4. The number of piperidine rings is 1. The average Bonchev–Trinajstić information content (AvgIpc) is 2.52. The molecule has 1 aliphatic rings. The Kier molecular flexibility index (Phi) is 5.14. The summed E-state index contributed by atoms with van der Waals surface area (Å²) in [6, 6.07) is 6.59. The van der Waals surface area contributed by atoms with E-state index in [1.54, 1.807) is 12.1 Å². The third-order valence-corrected chi connectivity index (χ3v) is 3.92. The summed E-state index contributed by atoms with van der Waals surface area (Å²) >= 11 is 0. The minimum Gasteiger partial charge on any atom is -0.334 e. The van der Waals surface area contributed by atoms with E-state index in [9.17, 15) is 14.9 Å². The lowest BCUT2D eigenvalue weighted by atomic mass is 10.0. The maximum atomic E-state index is 12.2. The van der Waals surface area contributed by atoms with Crippen LogP contribution in [0.25, 0.3) is 0 Å². The Labute approximate surface area is 124 Å². The predicted octanol–water partition coefficient (Wildman–Crippen LogP) is 3.07. The first-order chi connectivity index (χ1) is 10.1. The number of nitrogens with one attached hydrogen (secondary N) is 1. The van der Waals surface area contributed by atoms with Gasteiger partial charge in [-0.05, 0) is 31.2 Å². The van der Waals surface area contributed by atoms with Crippen LogP contribution in [0, 0.1) is 10.1 Å². The van der Waals surface area contributed by atoms with Crippen LogP contribution in [-0.2, 0) is 6.54 Å². The van der Waals surface area contributed by atoms with Crippen LogP contribution in [0.5, 0.6) is 0 Å². The highest BCUT2D eigenvalue weighted by molar-refractivity contribution is 5.74. The van der Waals surface area contributed by atoms with Crippen molar-refractivity contribution >= 4 is 11.7 Å². The van der Waals surface area contributed by atoms with Gasteiger partial charge in [0.25, 0.3) is 5.69 Å². The molecule has 0 saturated carbocycles. The molecule has 2 rings (SSSR count). The van der Waals surface area contributed by atoms with Crippen LogP contribution in [0.15, 0.2) is 24.3 Å². The van der Waals surface area contributed by atoms with Gasteiger partial charge in [0.2, 0.25) is 0 Å². The Morgan fingerprint density at radius 2 is 2.29 bits per heavy atom. The molecule has 1 aromatic carbocycles. The van der Waals surface area contributed by atoms with Crippen LogP contribution >= 0.6 is 0 Å². The molecule has 0 spiro atoms. The molecule has 1 fully saturated rings. The highest BCUT2D eigenvalue weighted by Gasteiger charge is 2.24. The Bertz CT molecular complexity index is 519. The van der Waals surface area contributed by atoms with Crippen molar-refractivity contribution in [2.24, 2.45) is 0 Å². The number of likely N-dealkylation sites (tertiary alicyclic amines) is 1. The van der Waals surface area contributed by atoms with Crippen molar-refractivity contribution in [3.05, 3.63) is 39.9 Å². The summed E-state index contributed by atoms with van der Waals surface area (Å²) in [7, 11) is 0. The van der Waals surface area contributed by atoms with Gasteiger partial charge in [-0.25, -0.2) is 4.79 Å². The fraction of sp³-hybridized carbons (Fsp3) is 0.533. The Hall–Kier alpha value is -2.11. The first-order valence-corrected chi connectivity index (χ1v) is 7.39. The molecule has 0 aromatic heterocycles.